The molecule has 0 aliphatic carbocycles. The average molecular weight is 321 g/mol. The van der Waals surface area contributed by atoms with Gasteiger partial charge in [0.25, 0.3) is 11.6 Å². The van der Waals surface area contributed by atoms with E-state index in [2.05, 4.69) is 26.1 Å². The lowest BCUT2D eigenvalue weighted by Crippen LogP contribution is -1.96. The summed E-state index contributed by atoms with van der Waals surface area (Å²) in [6.45, 7) is 0. The number of nitrogens with zero attached hydrogens (tertiary/aromatic N) is 4. The second-order valence-electron chi connectivity index (χ2n) is 3.31. The van der Waals surface area contributed by atoms with E-state index < -0.39 is 4.92 Å². The first-order chi connectivity index (χ1) is 9.13. The zero-order valence-corrected chi connectivity index (χ0v) is 10.9. The molecule has 94 valence electrons. The molecule has 0 aliphatic rings. The molecule has 1 heterocycles. The molecule has 1 aromatic heterocycles. The Labute approximate surface area is 115 Å². The fraction of sp³-hybridized carbons (Fsp3) is 0. The quantitative estimate of drug-likeness (QED) is 0.636. The highest BCUT2D eigenvalue weighted by Crippen LogP contribution is 2.36. The molecular weight excluding hydrogens is 316 g/mol. The van der Waals surface area contributed by atoms with Gasteiger partial charge in [0.15, 0.2) is 5.75 Å². The molecule has 1 aromatic carbocycles. The monoisotopic (exact) mass is 320 g/mol. The number of halogens is 1. The second kappa shape index (κ2) is 5.41. The fourth-order valence-electron chi connectivity index (χ4n) is 1.30. The van der Waals surface area contributed by atoms with Gasteiger partial charge in [-0.25, -0.2) is 0 Å². The normalized spacial score (nSPS) is 9.68. The number of nitriles is 1. The van der Waals surface area contributed by atoms with Gasteiger partial charge in [0.1, 0.15) is 16.1 Å². The van der Waals surface area contributed by atoms with Gasteiger partial charge < -0.3 is 4.74 Å². The number of ether oxygens (including phenoxy) is 1. The van der Waals surface area contributed by atoms with E-state index in [1.54, 1.807) is 0 Å². The van der Waals surface area contributed by atoms with Crippen molar-refractivity contribution in [2.45, 2.75) is 0 Å². The van der Waals surface area contributed by atoms with Crippen LogP contribution in [0.3, 0.4) is 0 Å². The third-order valence-corrected chi connectivity index (χ3v) is 2.95. The molecule has 0 fully saturated rings. The summed E-state index contributed by atoms with van der Waals surface area (Å²) in [6.07, 6.45) is 1.36. The first-order valence-corrected chi connectivity index (χ1v) is 5.75. The molecule has 8 heteroatoms. The van der Waals surface area contributed by atoms with Gasteiger partial charge in [0, 0.05) is 6.07 Å². The van der Waals surface area contributed by atoms with Crippen LogP contribution in [0.25, 0.3) is 0 Å². The first kappa shape index (κ1) is 12.9. The highest BCUT2D eigenvalue weighted by Gasteiger charge is 2.17. The lowest BCUT2D eigenvalue weighted by Gasteiger charge is -2.07. The van der Waals surface area contributed by atoms with E-state index >= 15 is 0 Å². The van der Waals surface area contributed by atoms with Gasteiger partial charge in [-0.3, -0.25) is 10.1 Å². The molecule has 0 spiro atoms. The molecule has 0 atom stereocenters. The summed E-state index contributed by atoms with van der Waals surface area (Å²) in [5, 5.41) is 27.0. The van der Waals surface area contributed by atoms with Crippen LogP contribution in [-0.2, 0) is 0 Å². The number of aromatic nitrogens is 2. The minimum absolute atomic E-state index is 0.00815. The van der Waals surface area contributed by atoms with E-state index in [1.165, 1.54) is 30.5 Å². The predicted octanol–water partition coefficient (Wildman–Crippen LogP) is 2.81. The van der Waals surface area contributed by atoms with Gasteiger partial charge in [-0.2, -0.15) is 10.4 Å². The first-order valence-electron chi connectivity index (χ1n) is 4.96. The minimum Gasteiger partial charge on any atom is -0.435 e. The lowest BCUT2D eigenvalue weighted by atomic mass is 10.3. The van der Waals surface area contributed by atoms with Crippen molar-refractivity contribution in [3.8, 4) is 17.7 Å². The van der Waals surface area contributed by atoms with Gasteiger partial charge in [-0.1, -0.05) is 6.07 Å². The summed E-state index contributed by atoms with van der Waals surface area (Å²) in [5.74, 6) is 0.178. The van der Waals surface area contributed by atoms with Crippen LogP contribution < -0.4 is 4.74 Å². The average Bonchev–Trinajstić information content (AvgIpc) is 2.41. The number of rotatable bonds is 3. The van der Waals surface area contributed by atoms with Crippen LogP contribution >= 0.6 is 15.9 Å². The van der Waals surface area contributed by atoms with Crippen LogP contribution in [0.4, 0.5) is 5.69 Å². The van der Waals surface area contributed by atoms with Crippen molar-refractivity contribution in [2.24, 2.45) is 0 Å². The molecule has 0 N–H and O–H groups in total. The maximum absolute atomic E-state index is 10.8. The molecule has 2 rings (SSSR count). The summed E-state index contributed by atoms with van der Waals surface area (Å²) in [6, 6.07) is 7.66. The molecule has 0 unspecified atom stereocenters. The van der Waals surface area contributed by atoms with Crippen molar-refractivity contribution >= 4 is 21.6 Å². The summed E-state index contributed by atoms with van der Waals surface area (Å²) < 4.78 is 5.55. The minimum atomic E-state index is -0.543. The zero-order valence-electron chi connectivity index (χ0n) is 9.28. The Balaban J connectivity index is 2.42. The van der Waals surface area contributed by atoms with Crippen LogP contribution in [0.5, 0.6) is 11.6 Å². The van der Waals surface area contributed by atoms with E-state index in [0.29, 0.717) is 0 Å². The zero-order chi connectivity index (χ0) is 13.8. The Kier molecular flexibility index (Phi) is 3.68. The molecule has 19 heavy (non-hydrogen) atoms. The van der Waals surface area contributed by atoms with Crippen LogP contribution in [0, 0.1) is 21.4 Å². The molecule has 0 saturated heterocycles. The highest BCUT2D eigenvalue weighted by molar-refractivity contribution is 9.10. The number of benzene rings is 1. The number of hydrogen-bond acceptors (Lipinski definition) is 6. The van der Waals surface area contributed by atoms with Crippen LogP contribution in [0.1, 0.15) is 5.56 Å². The van der Waals surface area contributed by atoms with Gasteiger partial charge in [0.05, 0.1) is 11.1 Å². The lowest BCUT2D eigenvalue weighted by molar-refractivity contribution is -0.385. The third-order valence-electron chi connectivity index (χ3n) is 2.15. The Morgan fingerprint density at radius 1 is 1.42 bits per heavy atom. The molecule has 0 aliphatic heterocycles. The molecule has 0 saturated carbocycles. The van der Waals surface area contributed by atoms with E-state index in [-0.39, 0.29) is 27.4 Å². The van der Waals surface area contributed by atoms with Crippen LogP contribution in [-0.4, -0.2) is 15.1 Å². The summed E-state index contributed by atoms with van der Waals surface area (Å²) in [7, 11) is 0. The maximum Gasteiger partial charge on any atom is 0.287 e. The predicted molar refractivity (Wildman–Crippen MR) is 67.6 cm³/mol. The van der Waals surface area contributed by atoms with Gasteiger partial charge in [-0.15, -0.1) is 5.10 Å². The summed E-state index contributed by atoms with van der Waals surface area (Å²) in [4.78, 5) is 10.2. The molecule has 2 aromatic rings. The van der Waals surface area contributed by atoms with Gasteiger partial charge >= 0.3 is 0 Å². The van der Waals surface area contributed by atoms with Crippen molar-refractivity contribution in [3.63, 3.8) is 0 Å². The fourth-order valence-corrected chi connectivity index (χ4v) is 1.79. The standard InChI is InChI=1S/C11H5BrN4O3/c12-10-8(16(17)18)2-1-3-9(10)19-11-7(6-13)4-5-14-15-11/h1-5H. The summed E-state index contributed by atoms with van der Waals surface area (Å²) >= 11 is 3.09. The smallest absolute Gasteiger partial charge is 0.287 e. The van der Waals surface area contributed by atoms with E-state index in [1.807, 2.05) is 6.07 Å². The Bertz CT molecular complexity index is 684. The Morgan fingerprint density at radius 2 is 2.21 bits per heavy atom. The molecule has 0 radical (unpaired) electrons. The number of nitro groups is 1. The second-order valence-corrected chi connectivity index (χ2v) is 4.10. The number of nitro benzene ring substituents is 1. The highest BCUT2D eigenvalue weighted by atomic mass is 79.9. The molecule has 0 bridgehead atoms. The van der Waals surface area contributed by atoms with Gasteiger partial charge in [0.2, 0.25) is 0 Å². The largest absolute Gasteiger partial charge is 0.435 e. The summed E-state index contributed by atoms with van der Waals surface area (Å²) in [5.41, 5.74) is 0.0494. The Morgan fingerprint density at radius 3 is 2.89 bits per heavy atom. The van der Waals surface area contributed by atoms with Gasteiger partial charge in [-0.05, 0) is 28.1 Å². The topological polar surface area (TPSA) is 102 Å². The number of hydrogen-bond donors (Lipinski definition) is 0. The van der Waals surface area contributed by atoms with Crippen molar-refractivity contribution < 1.29 is 9.66 Å². The SMILES string of the molecule is N#Cc1ccnnc1Oc1cccc([N+](=O)[O-])c1Br. The Hall–Kier alpha value is -2.53. The van der Waals surface area contributed by atoms with E-state index in [4.69, 9.17) is 10.00 Å². The van der Waals surface area contributed by atoms with Crippen molar-refractivity contribution in [1.29, 1.82) is 5.26 Å². The van der Waals surface area contributed by atoms with Crippen molar-refractivity contribution in [3.05, 3.63) is 50.6 Å². The van der Waals surface area contributed by atoms with Crippen molar-refractivity contribution in [2.75, 3.05) is 0 Å². The van der Waals surface area contributed by atoms with Crippen LogP contribution in [0.15, 0.2) is 34.9 Å². The molecule has 7 nitrogen and oxygen atoms in total. The maximum atomic E-state index is 10.8. The van der Waals surface area contributed by atoms with Crippen LogP contribution in [0.2, 0.25) is 0 Å². The van der Waals surface area contributed by atoms with Crippen molar-refractivity contribution in [1.82, 2.24) is 10.2 Å². The van der Waals surface area contributed by atoms with E-state index in [9.17, 15) is 10.1 Å². The molecular formula is C11H5BrN4O3. The third kappa shape index (κ3) is 2.66. The molecule has 0 amide bonds. The van der Waals surface area contributed by atoms with E-state index in [0.717, 1.165) is 0 Å².